The Morgan fingerprint density at radius 2 is 1.24 bits per heavy atom. The number of rotatable bonds is 7. The first kappa shape index (κ1) is 22.8. The molecule has 0 bridgehead atoms. The van der Waals surface area contributed by atoms with Crippen molar-refractivity contribution in [3.8, 4) is 34.0 Å². The van der Waals surface area contributed by atoms with Crippen molar-refractivity contribution in [1.29, 1.82) is 0 Å². The standard InChI is InChI=1S/C26H25N5O3/c1-31(2)16-25(34)27-19-7-9-20(10-8-19)28-26-29-23(17-3-11-21(32)12-4-17)15-24(30-26)18-5-13-22(33)14-6-18/h3-15,32-33H,16H2,1-2H3,(H,27,34)(H,28,29,30). The summed E-state index contributed by atoms with van der Waals surface area (Å²) < 4.78 is 0. The Hall–Kier alpha value is -4.43. The van der Waals surface area contributed by atoms with Gasteiger partial charge in [0.05, 0.1) is 17.9 Å². The summed E-state index contributed by atoms with van der Waals surface area (Å²) in [4.78, 5) is 23.1. The van der Waals surface area contributed by atoms with E-state index < -0.39 is 0 Å². The third-order valence-electron chi connectivity index (χ3n) is 4.94. The maximum Gasteiger partial charge on any atom is 0.238 e. The number of nitrogens with zero attached hydrogens (tertiary/aromatic N) is 3. The molecule has 8 heteroatoms. The molecule has 0 aliphatic heterocycles. The molecule has 0 spiro atoms. The summed E-state index contributed by atoms with van der Waals surface area (Å²) in [6, 6.07) is 22.7. The predicted octanol–water partition coefficient (Wildman–Crippen LogP) is 4.47. The zero-order valence-corrected chi connectivity index (χ0v) is 18.9. The SMILES string of the molecule is CN(C)CC(=O)Nc1ccc(Nc2nc(-c3ccc(O)cc3)cc(-c3ccc(O)cc3)n2)cc1. The number of phenolic OH excluding ortho intramolecular Hbond substituents is 2. The zero-order chi connectivity index (χ0) is 24.1. The van der Waals surface area contributed by atoms with Crippen LogP contribution in [0.1, 0.15) is 0 Å². The van der Waals surface area contributed by atoms with Crippen molar-refractivity contribution in [2.45, 2.75) is 0 Å². The minimum Gasteiger partial charge on any atom is -0.508 e. The van der Waals surface area contributed by atoms with Crippen LogP contribution in [0.3, 0.4) is 0 Å². The number of hydrogen-bond acceptors (Lipinski definition) is 7. The highest BCUT2D eigenvalue weighted by atomic mass is 16.3. The van der Waals surface area contributed by atoms with Gasteiger partial charge >= 0.3 is 0 Å². The third kappa shape index (κ3) is 5.87. The van der Waals surface area contributed by atoms with Gasteiger partial charge in [-0.2, -0.15) is 0 Å². The summed E-state index contributed by atoms with van der Waals surface area (Å²) in [7, 11) is 3.68. The molecule has 34 heavy (non-hydrogen) atoms. The van der Waals surface area contributed by atoms with Crippen molar-refractivity contribution in [1.82, 2.24) is 14.9 Å². The average molecular weight is 456 g/mol. The molecule has 4 rings (SSSR count). The molecule has 1 heterocycles. The van der Waals surface area contributed by atoms with Crippen LogP contribution < -0.4 is 10.6 Å². The van der Waals surface area contributed by atoms with Crippen molar-refractivity contribution >= 4 is 23.2 Å². The number of aromatic hydroxyl groups is 2. The topological polar surface area (TPSA) is 111 Å². The lowest BCUT2D eigenvalue weighted by Crippen LogP contribution is -2.27. The van der Waals surface area contributed by atoms with Crippen LogP contribution in [0.5, 0.6) is 11.5 Å². The largest absolute Gasteiger partial charge is 0.508 e. The Labute approximate surface area is 197 Å². The quantitative estimate of drug-likeness (QED) is 0.325. The maximum absolute atomic E-state index is 12.0. The Balaban J connectivity index is 1.62. The highest BCUT2D eigenvalue weighted by Crippen LogP contribution is 2.28. The summed E-state index contributed by atoms with van der Waals surface area (Å²) in [5.41, 5.74) is 4.44. The van der Waals surface area contributed by atoms with E-state index in [0.29, 0.717) is 29.6 Å². The van der Waals surface area contributed by atoms with Crippen LogP contribution in [0.4, 0.5) is 17.3 Å². The first-order chi connectivity index (χ1) is 16.4. The van der Waals surface area contributed by atoms with Crippen molar-refractivity contribution in [3.63, 3.8) is 0 Å². The number of phenols is 2. The number of benzene rings is 3. The lowest BCUT2D eigenvalue weighted by molar-refractivity contribution is -0.116. The number of carbonyl (C=O) groups is 1. The lowest BCUT2D eigenvalue weighted by Gasteiger charge is -2.12. The fraction of sp³-hybridized carbons (Fsp3) is 0.115. The molecule has 8 nitrogen and oxygen atoms in total. The number of anilines is 3. The van der Waals surface area contributed by atoms with E-state index in [1.54, 1.807) is 65.6 Å². The van der Waals surface area contributed by atoms with Gasteiger partial charge in [-0.1, -0.05) is 0 Å². The number of nitrogens with one attached hydrogen (secondary N) is 2. The molecule has 4 N–H and O–H groups in total. The van der Waals surface area contributed by atoms with Gasteiger partial charge in [-0.05, 0) is 93.0 Å². The van der Waals surface area contributed by atoms with E-state index in [0.717, 1.165) is 16.8 Å². The molecule has 0 aliphatic rings. The van der Waals surface area contributed by atoms with E-state index in [4.69, 9.17) is 0 Å². The van der Waals surface area contributed by atoms with E-state index in [1.807, 2.05) is 32.3 Å². The highest BCUT2D eigenvalue weighted by molar-refractivity contribution is 5.92. The van der Waals surface area contributed by atoms with Gasteiger partial charge in [0.2, 0.25) is 11.9 Å². The Morgan fingerprint density at radius 1 is 0.765 bits per heavy atom. The van der Waals surface area contributed by atoms with E-state index in [1.165, 1.54) is 0 Å². The molecule has 1 amide bonds. The van der Waals surface area contributed by atoms with Crippen LogP contribution in [0.25, 0.3) is 22.5 Å². The van der Waals surface area contributed by atoms with Gasteiger partial charge in [-0.15, -0.1) is 0 Å². The van der Waals surface area contributed by atoms with Crippen LogP contribution >= 0.6 is 0 Å². The predicted molar refractivity (Wildman–Crippen MR) is 133 cm³/mol. The van der Waals surface area contributed by atoms with Crippen LogP contribution in [0, 0.1) is 0 Å². The lowest BCUT2D eigenvalue weighted by atomic mass is 10.1. The minimum atomic E-state index is -0.0887. The number of hydrogen-bond donors (Lipinski definition) is 4. The molecule has 0 saturated heterocycles. The van der Waals surface area contributed by atoms with Gasteiger partial charge in [0.1, 0.15) is 11.5 Å². The number of carbonyl (C=O) groups excluding carboxylic acids is 1. The normalized spacial score (nSPS) is 10.8. The molecular weight excluding hydrogens is 430 g/mol. The summed E-state index contributed by atoms with van der Waals surface area (Å²) in [5.74, 6) is 0.646. The van der Waals surface area contributed by atoms with Gasteiger partial charge in [-0.25, -0.2) is 9.97 Å². The molecule has 1 aromatic heterocycles. The molecule has 0 saturated carbocycles. The first-order valence-corrected chi connectivity index (χ1v) is 10.7. The number of aromatic nitrogens is 2. The van der Waals surface area contributed by atoms with Crippen molar-refractivity contribution in [2.24, 2.45) is 0 Å². The highest BCUT2D eigenvalue weighted by Gasteiger charge is 2.10. The van der Waals surface area contributed by atoms with Gasteiger partial charge in [0.25, 0.3) is 0 Å². The second kappa shape index (κ2) is 10.0. The number of likely N-dealkylation sites (N-methyl/N-ethyl adjacent to an activating group) is 1. The molecule has 0 unspecified atom stereocenters. The van der Waals surface area contributed by atoms with Crippen LogP contribution in [0.15, 0.2) is 78.9 Å². The van der Waals surface area contributed by atoms with Crippen molar-refractivity contribution < 1.29 is 15.0 Å². The fourth-order valence-electron chi connectivity index (χ4n) is 3.32. The Morgan fingerprint density at radius 3 is 1.71 bits per heavy atom. The van der Waals surface area contributed by atoms with E-state index >= 15 is 0 Å². The summed E-state index contributed by atoms with van der Waals surface area (Å²) >= 11 is 0. The molecule has 0 aliphatic carbocycles. The monoisotopic (exact) mass is 455 g/mol. The Kier molecular flexibility index (Phi) is 6.70. The smallest absolute Gasteiger partial charge is 0.238 e. The molecular formula is C26H25N5O3. The zero-order valence-electron chi connectivity index (χ0n) is 18.9. The van der Waals surface area contributed by atoms with Crippen molar-refractivity contribution in [3.05, 3.63) is 78.9 Å². The molecule has 0 radical (unpaired) electrons. The Bertz CT molecular complexity index is 1210. The first-order valence-electron chi connectivity index (χ1n) is 10.7. The molecule has 172 valence electrons. The summed E-state index contributed by atoms with van der Waals surface area (Å²) in [6.07, 6.45) is 0. The van der Waals surface area contributed by atoms with Crippen molar-refractivity contribution in [2.75, 3.05) is 31.3 Å². The second-order valence-electron chi connectivity index (χ2n) is 8.04. The van der Waals surface area contributed by atoms with Crippen LogP contribution in [-0.2, 0) is 4.79 Å². The molecule has 4 aromatic rings. The van der Waals surface area contributed by atoms with Gasteiger partial charge in [-0.3, -0.25) is 4.79 Å². The summed E-state index contributed by atoms with van der Waals surface area (Å²) in [6.45, 7) is 0.304. The molecule has 0 atom stereocenters. The average Bonchev–Trinajstić information content (AvgIpc) is 2.80. The van der Waals surface area contributed by atoms with Gasteiger partial charge < -0.3 is 25.7 Å². The maximum atomic E-state index is 12.0. The minimum absolute atomic E-state index is 0.0887. The van der Waals surface area contributed by atoms with E-state index in [9.17, 15) is 15.0 Å². The van der Waals surface area contributed by atoms with Gasteiger partial charge in [0, 0.05) is 22.5 Å². The van der Waals surface area contributed by atoms with Crippen LogP contribution in [0.2, 0.25) is 0 Å². The van der Waals surface area contributed by atoms with Crippen LogP contribution in [-0.4, -0.2) is 51.6 Å². The number of amides is 1. The van der Waals surface area contributed by atoms with E-state index in [2.05, 4.69) is 20.6 Å². The van der Waals surface area contributed by atoms with Gasteiger partial charge in [0.15, 0.2) is 0 Å². The fourth-order valence-corrected chi connectivity index (χ4v) is 3.32. The molecule has 3 aromatic carbocycles. The second-order valence-corrected chi connectivity index (χ2v) is 8.04. The third-order valence-corrected chi connectivity index (χ3v) is 4.94. The van der Waals surface area contributed by atoms with E-state index in [-0.39, 0.29) is 17.4 Å². The summed E-state index contributed by atoms with van der Waals surface area (Å²) in [5, 5.41) is 25.3. The molecule has 0 fully saturated rings.